The molecule has 0 radical (unpaired) electrons. The van der Waals surface area contributed by atoms with E-state index in [-0.39, 0.29) is 6.04 Å². The average Bonchev–Trinajstić information content (AvgIpc) is 2.39. The van der Waals surface area contributed by atoms with E-state index in [1.165, 1.54) is 0 Å². The first-order chi connectivity index (χ1) is 9.92. The van der Waals surface area contributed by atoms with Crippen LogP contribution in [0, 0.1) is 5.92 Å². The van der Waals surface area contributed by atoms with Crippen molar-refractivity contribution in [3.8, 4) is 0 Å². The van der Waals surface area contributed by atoms with Crippen molar-refractivity contribution in [1.82, 2.24) is 10.0 Å². The number of hydrogen-bond acceptors (Lipinski definition) is 3. The van der Waals surface area contributed by atoms with E-state index in [0.29, 0.717) is 21.8 Å². The van der Waals surface area contributed by atoms with Crippen molar-refractivity contribution in [3.63, 3.8) is 0 Å². The van der Waals surface area contributed by atoms with E-state index in [0.717, 1.165) is 31.4 Å². The number of halogens is 1. The van der Waals surface area contributed by atoms with Crippen LogP contribution in [0.2, 0.25) is 0 Å². The number of rotatable bonds is 7. The van der Waals surface area contributed by atoms with Crippen LogP contribution < -0.4 is 10.0 Å². The predicted molar refractivity (Wildman–Crippen MR) is 88.6 cm³/mol. The van der Waals surface area contributed by atoms with Crippen LogP contribution in [0.25, 0.3) is 0 Å². The highest BCUT2D eigenvalue weighted by molar-refractivity contribution is 9.10. The van der Waals surface area contributed by atoms with E-state index in [1.54, 1.807) is 12.1 Å². The molecule has 0 aliphatic heterocycles. The zero-order chi connectivity index (χ0) is 15.5. The molecule has 0 unspecified atom stereocenters. The molecule has 118 valence electrons. The second kappa shape index (κ2) is 7.22. The number of benzene rings is 1. The Morgan fingerprint density at radius 2 is 2.05 bits per heavy atom. The van der Waals surface area contributed by atoms with Gasteiger partial charge in [0.2, 0.25) is 10.0 Å². The predicted octanol–water partition coefficient (Wildman–Crippen LogP) is 3.03. The summed E-state index contributed by atoms with van der Waals surface area (Å²) in [7, 11) is -3.45. The normalized spacial score (nSPS) is 22.0. The van der Waals surface area contributed by atoms with Crippen LogP contribution in [0.5, 0.6) is 0 Å². The molecule has 1 aromatic carbocycles. The van der Waals surface area contributed by atoms with Gasteiger partial charge in [0.1, 0.15) is 0 Å². The Morgan fingerprint density at radius 1 is 1.33 bits per heavy atom. The zero-order valence-electron chi connectivity index (χ0n) is 12.5. The van der Waals surface area contributed by atoms with Crippen LogP contribution in [0.3, 0.4) is 0 Å². The molecule has 0 saturated heterocycles. The monoisotopic (exact) mass is 374 g/mol. The molecule has 1 aliphatic carbocycles. The van der Waals surface area contributed by atoms with E-state index < -0.39 is 10.0 Å². The Labute approximate surface area is 135 Å². The third kappa shape index (κ3) is 4.52. The maximum Gasteiger partial charge on any atom is 0.241 e. The van der Waals surface area contributed by atoms with E-state index in [4.69, 9.17) is 0 Å². The third-order valence-electron chi connectivity index (χ3n) is 3.74. The standard InChI is InChI=1S/C15H23BrN2O2S/c1-3-6-17-10-12-4-5-14(16)15(9-12)21(19,20)18-13-7-11(2)8-13/h4-5,9,11,13,17-18H,3,6-8,10H2,1-2H3. The molecule has 6 heteroatoms. The van der Waals surface area contributed by atoms with Crippen LogP contribution in [0.1, 0.15) is 38.7 Å². The summed E-state index contributed by atoms with van der Waals surface area (Å²) in [5.74, 6) is 0.616. The van der Waals surface area contributed by atoms with Gasteiger partial charge in [-0.3, -0.25) is 0 Å². The Kier molecular flexibility index (Phi) is 5.82. The molecule has 0 bridgehead atoms. The van der Waals surface area contributed by atoms with Crippen LogP contribution in [0.15, 0.2) is 27.6 Å². The van der Waals surface area contributed by atoms with Gasteiger partial charge in [0, 0.05) is 17.1 Å². The Morgan fingerprint density at radius 3 is 2.67 bits per heavy atom. The molecule has 1 saturated carbocycles. The largest absolute Gasteiger partial charge is 0.313 e. The summed E-state index contributed by atoms with van der Waals surface area (Å²) < 4.78 is 28.4. The molecule has 4 nitrogen and oxygen atoms in total. The second-order valence-electron chi connectivity index (χ2n) is 5.84. The molecule has 0 spiro atoms. The first kappa shape index (κ1) is 16.9. The molecular formula is C15H23BrN2O2S. The summed E-state index contributed by atoms with van der Waals surface area (Å²) in [6.07, 6.45) is 2.91. The quantitative estimate of drug-likeness (QED) is 0.721. The Hall–Kier alpha value is -0.430. The molecule has 2 N–H and O–H groups in total. The summed E-state index contributed by atoms with van der Waals surface area (Å²) >= 11 is 3.35. The van der Waals surface area contributed by atoms with E-state index in [9.17, 15) is 8.42 Å². The molecule has 0 atom stereocenters. The molecule has 0 heterocycles. The highest BCUT2D eigenvalue weighted by atomic mass is 79.9. The first-order valence-corrected chi connectivity index (χ1v) is 9.71. The van der Waals surface area contributed by atoms with E-state index in [2.05, 4.69) is 39.8 Å². The van der Waals surface area contributed by atoms with Gasteiger partial charge in [-0.15, -0.1) is 0 Å². The van der Waals surface area contributed by atoms with Gasteiger partial charge in [0.25, 0.3) is 0 Å². The number of sulfonamides is 1. The molecule has 0 aromatic heterocycles. The maximum atomic E-state index is 12.5. The summed E-state index contributed by atoms with van der Waals surface area (Å²) in [6.45, 7) is 5.86. The van der Waals surface area contributed by atoms with Crippen molar-refractivity contribution in [2.24, 2.45) is 5.92 Å². The topological polar surface area (TPSA) is 58.2 Å². The highest BCUT2D eigenvalue weighted by Gasteiger charge is 2.30. The molecule has 1 aromatic rings. The minimum absolute atomic E-state index is 0.0822. The number of nitrogens with one attached hydrogen (secondary N) is 2. The molecule has 1 fully saturated rings. The van der Waals surface area contributed by atoms with Crippen LogP contribution in [0.4, 0.5) is 0 Å². The molecule has 1 aliphatic rings. The SMILES string of the molecule is CCCNCc1ccc(Br)c(S(=O)(=O)NC2CC(C)C2)c1. The van der Waals surface area contributed by atoms with Crippen LogP contribution >= 0.6 is 15.9 Å². The lowest BCUT2D eigenvalue weighted by Gasteiger charge is -2.33. The molecule has 2 rings (SSSR count). The lowest BCUT2D eigenvalue weighted by Crippen LogP contribution is -2.43. The summed E-state index contributed by atoms with van der Waals surface area (Å²) in [5.41, 5.74) is 0.981. The summed E-state index contributed by atoms with van der Waals surface area (Å²) in [5, 5.41) is 3.29. The average molecular weight is 375 g/mol. The lowest BCUT2D eigenvalue weighted by molar-refractivity contribution is 0.270. The first-order valence-electron chi connectivity index (χ1n) is 7.44. The van der Waals surface area contributed by atoms with Gasteiger partial charge >= 0.3 is 0 Å². The van der Waals surface area contributed by atoms with Gasteiger partial charge in [-0.2, -0.15) is 0 Å². The van der Waals surface area contributed by atoms with Gasteiger partial charge in [-0.1, -0.05) is 19.9 Å². The van der Waals surface area contributed by atoms with E-state index in [1.807, 2.05) is 6.07 Å². The van der Waals surface area contributed by atoms with Crippen molar-refractivity contribution in [2.75, 3.05) is 6.54 Å². The van der Waals surface area contributed by atoms with Crippen LogP contribution in [-0.2, 0) is 16.6 Å². The van der Waals surface area contributed by atoms with Gasteiger partial charge in [0.15, 0.2) is 0 Å². The van der Waals surface area contributed by atoms with Crippen molar-refractivity contribution < 1.29 is 8.42 Å². The van der Waals surface area contributed by atoms with Gasteiger partial charge in [0.05, 0.1) is 4.90 Å². The minimum Gasteiger partial charge on any atom is -0.313 e. The van der Waals surface area contributed by atoms with Crippen molar-refractivity contribution in [1.29, 1.82) is 0 Å². The van der Waals surface area contributed by atoms with E-state index >= 15 is 0 Å². The third-order valence-corrected chi connectivity index (χ3v) is 6.25. The van der Waals surface area contributed by atoms with Crippen molar-refractivity contribution >= 4 is 26.0 Å². The fourth-order valence-corrected chi connectivity index (χ4v) is 4.83. The fraction of sp³-hybridized carbons (Fsp3) is 0.600. The smallest absolute Gasteiger partial charge is 0.241 e. The van der Waals surface area contributed by atoms with Gasteiger partial charge in [-0.25, -0.2) is 13.1 Å². The highest BCUT2D eigenvalue weighted by Crippen LogP contribution is 2.29. The second-order valence-corrected chi connectivity index (χ2v) is 8.37. The number of hydrogen-bond donors (Lipinski definition) is 2. The zero-order valence-corrected chi connectivity index (χ0v) is 14.9. The minimum atomic E-state index is -3.45. The Balaban J connectivity index is 2.11. The molecule has 0 amide bonds. The van der Waals surface area contributed by atoms with Crippen LogP contribution in [-0.4, -0.2) is 21.0 Å². The molecule has 21 heavy (non-hydrogen) atoms. The van der Waals surface area contributed by atoms with Gasteiger partial charge < -0.3 is 5.32 Å². The maximum absolute atomic E-state index is 12.5. The molecular weight excluding hydrogens is 352 g/mol. The van der Waals surface area contributed by atoms with Crippen molar-refractivity contribution in [2.45, 2.75) is 50.6 Å². The van der Waals surface area contributed by atoms with Crippen molar-refractivity contribution in [3.05, 3.63) is 28.2 Å². The lowest BCUT2D eigenvalue weighted by atomic mass is 9.83. The van der Waals surface area contributed by atoms with Gasteiger partial charge in [-0.05, 0) is 65.4 Å². The summed E-state index contributed by atoms with van der Waals surface area (Å²) in [4.78, 5) is 0.331. The summed E-state index contributed by atoms with van der Waals surface area (Å²) in [6, 6.07) is 5.58. The Bertz CT molecular complexity index is 583. The fourth-order valence-electron chi connectivity index (χ4n) is 2.55.